The van der Waals surface area contributed by atoms with Gasteiger partial charge in [0.1, 0.15) is 11.6 Å². The zero-order valence-electron chi connectivity index (χ0n) is 10.8. The molecule has 0 amide bonds. The van der Waals surface area contributed by atoms with Gasteiger partial charge in [0.05, 0.1) is 5.69 Å². The topological polar surface area (TPSA) is 49.0 Å². The van der Waals surface area contributed by atoms with E-state index in [2.05, 4.69) is 20.9 Å². The van der Waals surface area contributed by atoms with Gasteiger partial charge in [-0.3, -0.25) is 0 Å². The number of halogens is 1. The summed E-state index contributed by atoms with van der Waals surface area (Å²) in [6, 6.07) is 12.0. The molecule has 1 aromatic heterocycles. The molecule has 1 heterocycles. The first kappa shape index (κ1) is 14.2. The van der Waals surface area contributed by atoms with E-state index in [9.17, 15) is 4.39 Å². The van der Waals surface area contributed by atoms with E-state index < -0.39 is 0 Å². The number of anilines is 2. The monoisotopic (exact) mass is 290 g/mol. The lowest BCUT2D eigenvalue weighted by Gasteiger charge is -2.11. The molecule has 3 N–H and O–H groups in total. The summed E-state index contributed by atoms with van der Waals surface area (Å²) in [5.74, 6) is 0.477. The van der Waals surface area contributed by atoms with Crippen molar-refractivity contribution in [2.45, 2.75) is 0 Å². The van der Waals surface area contributed by atoms with Crippen molar-refractivity contribution in [1.82, 2.24) is 10.3 Å². The minimum atomic E-state index is -0.330. The molecule has 0 atom stereocenters. The second-order valence-electron chi connectivity index (χ2n) is 4.00. The van der Waals surface area contributed by atoms with Crippen molar-refractivity contribution in [2.24, 2.45) is 0 Å². The Labute approximate surface area is 122 Å². The Kier molecular flexibility index (Phi) is 5.25. The molecule has 2 aromatic rings. The predicted molar refractivity (Wildman–Crippen MR) is 83.4 cm³/mol. The molecule has 4 nitrogen and oxygen atoms in total. The van der Waals surface area contributed by atoms with E-state index >= 15 is 0 Å². The molecule has 0 saturated heterocycles. The highest BCUT2D eigenvalue weighted by molar-refractivity contribution is 7.80. The summed E-state index contributed by atoms with van der Waals surface area (Å²) < 4.78 is 13.4. The lowest BCUT2D eigenvalue weighted by atomic mass is 10.3. The summed E-state index contributed by atoms with van der Waals surface area (Å²) in [6.45, 7) is 1.27. The number of nitrogens with one attached hydrogen (secondary N) is 3. The van der Waals surface area contributed by atoms with Crippen LogP contribution < -0.4 is 16.0 Å². The third-order valence-corrected chi connectivity index (χ3v) is 2.75. The maximum Gasteiger partial charge on any atom is 0.170 e. The first-order valence-corrected chi connectivity index (χ1v) is 6.61. The number of pyridine rings is 1. The minimum absolute atomic E-state index is 0.330. The first-order chi connectivity index (χ1) is 9.75. The Balaban J connectivity index is 1.69. The van der Waals surface area contributed by atoms with Gasteiger partial charge in [-0.05, 0) is 36.5 Å². The molecule has 0 radical (unpaired) electrons. The van der Waals surface area contributed by atoms with E-state index in [-0.39, 0.29) is 5.82 Å². The normalized spacial score (nSPS) is 9.85. The van der Waals surface area contributed by atoms with E-state index in [1.807, 2.05) is 18.2 Å². The maximum atomic E-state index is 13.4. The van der Waals surface area contributed by atoms with Crippen molar-refractivity contribution in [3.63, 3.8) is 0 Å². The summed E-state index contributed by atoms with van der Waals surface area (Å²) in [4.78, 5) is 4.14. The van der Waals surface area contributed by atoms with Crippen LogP contribution in [0.5, 0.6) is 0 Å². The van der Waals surface area contributed by atoms with Crippen LogP contribution in [0.2, 0.25) is 0 Å². The van der Waals surface area contributed by atoms with Crippen LogP contribution in [0.25, 0.3) is 0 Å². The molecule has 6 heteroatoms. The molecule has 0 aliphatic heterocycles. The average Bonchev–Trinajstić information content (AvgIpc) is 2.47. The number of rotatable bonds is 5. The molecule has 0 unspecified atom stereocenters. The molecule has 0 saturated carbocycles. The van der Waals surface area contributed by atoms with Gasteiger partial charge in [-0.1, -0.05) is 18.2 Å². The molecule has 0 bridgehead atoms. The summed E-state index contributed by atoms with van der Waals surface area (Å²) in [5.41, 5.74) is 0.364. The second-order valence-corrected chi connectivity index (χ2v) is 4.41. The number of hydrogen-bond acceptors (Lipinski definition) is 3. The van der Waals surface area contributed by atoms with Crippen molar-refractivity contribution in [3.05, 3.63) is 54.5 Å². The Hall–Kier alpha value is -2.21. The SMILES string of the molecule is Fc1ccccc1NC(=S)NCCNc1ccccn1. The van der Waals surface area contributed by atoms with Gasteiger partial charge in [0.2, 0.25) is 0 Å². The van der Waals surface area contributed by atoms with Crippen molar-refractivity contribution in [2.75, 3.05) is 23.7 Å². The van der Waals surface area contributed by atoms with E-state index in [4.69, 9.17) is 12.2 Å². The lowest BCUT2D eigenvalue weighted by Crippen LogP contribution is -2.32. The second kappa shape index (κ2) is 7.40. The largest absolute Gasteiger partial charge is 0.368 e. The van der Waals surface area contributed by atoms with Crippen molar-refractivity contribution in [3.8, 4) is 0 Å². The Bertz CT molecular complexity index is 562. The molecule has 0 spiro atoms. The number of hydrogen-bond donors (Lipinski definition) is 3. The standard InChI is InChI=1S/C14H15FN4S/c15-11-5-1-2-6-12(11)19-14(20)18-10-9-17-13-7-3-4-8-16-13/h1-8H,9-10H2,(H,16,17)(H2,18,19,20). The van der Waals surface area contributed by atoms with Crippen LogP contribution in [0.4, 0.5) is 15.9 Å². The summed E-state index contributed by atoms with van der Waals surface area (Å²) in [6.07, 6.45) is 1.72. The highest BCUT2D eigenvalue weighted by Gasteiger charge is 2.02. The highest BCUT2D eigenvalue weighted by atomic mass is 32.1. The van der Waals surface area contributed by atoms with Gasteiger partial charge < -0.3 is 16.0 Å². The molecule has 0 aliphatic carbocycles. The van der Waals surface area contributed by atoms with Crippen LogP contribution in [0, 0.1) is 5.82 Å². The summed E-state index contributed by atoms with van der Waals surface area (Å²) in [7, 11) is 0. The van der Waals surface area contributed by atoms with Crippen molar-refractivity contribution < 1.29 is 4.39 Å². The maximum absolute atomic E-state index is 13.4. The van der Waals surface area contributed by atoms with Gasteiger partial charge in [-0.25, -0.2) is 9.37 Å². The number of benzene rings is 1. The van der Waals surface area contributed by atoms with Gasteiger partial charge in [0.15, 0.2) is 5.11 Å². The third kappa shape index (κ3) is 4.47. The fourth-order valence-corrected chi connectivity index (χ4v) is 1.78. The minimum Gasteiger partial charge on any atom is -0.368 e. The Morgan fingerprint density at radius 2 is 1.90 bits per heavy atom. The first-order valence-electron chi connectivity index (χ1n) is 6.20. The molecule has 1 aromatic carbocycles. The van der Waals surface area contributed by atoms with Gasteiger partial charge in [0.25, 0.3) is 0 Å². The summed E-state index contributed by atoms with van der Waals surface area (Å²) in [5, 5.41) is 9.33. The van der Waals surface area contributed by atoms with Crippen LogP contribution >= 0.6 is 12.2 Å². The van der Waals surface area contributed by atoms with E-state index in [1.165, 1.54) is 6.07 Å². The fraction of sp³-hybridized carbons (Fsp3) is 0.143. The highest BCUT2D eigenvalue weighted by Crippen LogP contribution is 2.11. The third-order valence-electron chi connectivity index (χ3n) is 2.50. The Morgan fingerprint density at radius 3 is 2.65 bits per heavy atom. The molecule has 20 heavy (non-hydrogen) atoms. The van der Waals surface area contributed by atoms with E-state index in [1.54, 1.807) is 24.4 Å². The molecule has 104 valence electrons. The number of para-hydroxylation sites is 1. The van der Waals surface area contributed by atoms with Crippen LogP contribution in [0.3, 0.4) is 0 Å². The zero-order valence-corrected chi connectivity index (χ0v) is 11.6. The number of nitrogens with zero attached hydrogens (tertiary/aromatic N) is 1. The predicted octanol–water partition coefficient (Wildman–Crippen LogP) is 2.62. The van der Waals surface area contributed by atoms with Crippen LogP contribution in [-0.4, -0.2) is 23.2 Å². The Morgan fingerprint density at radius 1 is 1.10 bits per heavy atom. The van der Waals surface area contributed by atoms with Crippen LogP contribution in [0.1, 0.15) is 0 Å². The van der Waals surface area contributed by atoms with Crippen LogP contribution in [0.15, 0.2) is 48.7 Å². The zero-order chi connectivity index (χ0) is 14.2. The van der Waals surface area contributed by atoms with Gasteiger partial charge >= 0.3 is 0 Å². The van der Waals surface area contributed by atoms with Gasteiger partial charge in [-0.15, -0.1) is 0 Å². The van der Waals surface area contributed by atoms with Crippen LogP contribution in [-0.2, 0) is 0 Å². The summed E-state index contributed by atoms with van der Waals surface area (Å²) >= 11 is 5.09. The molecule has 0 fully saturated rings. The van der Waals surface area contributed by atoms with Crippen molar-refractivity contribution >= 4 is 28.8 Å². The molecular weight excluding hydrogens is 275 g/mol. The quantitative estimate of drug-likeness (QED) is 0.584. The van der Waals surface area contributed by atoms with E-state index in [0.29, 0.717) is 23.9 Å². The fourth-order valence-electron chi connectivity index (χ4n) is 1.56. The number of aromatic nitrogens is 1. The number of thiocarbonyl (C=S) groups is 1. The molecule has 2 rings (SSSR count). The molecular formula is C14H15FN4S. The molecule has 0 aliphatic rings. The van der Waals surface area contributed by atoms with E-state index in [0.717, 1.165) is 5.82 Å². The van der Waals surface area contributed by atoms with Gasteiger partial charge in [-0.2, -0.15) is 0 Å². The van der Waals surface area contributed by atoms with Gasteiger partial charge in [0, 0.05) is 19.3 Å². The lowest BCUT2D eigenvalue weighted by molar-refractivity contribution is 0.632. The van der Waals surface area contributed by atoms with Crippen molar-refractivity contribution in [1.29, 1.82) is 0 Å². The smallest absolute Gasteiger partial charge is 0.170 e. The average molecular weight is 290 g/mol.